The Morgan fingerprint density at radius 3 is 2.52 bits per heavy atom. The van der Waals surface area contributed by atoms with Crippen LogP contribution in [0.4, 0.5) is 0 Å². The van der Waals surface area contributed by atoms with Gasteiger partial charge in [-0.25, -0.2) is 8.42 Å². The normalized spacial score (nSPS) is 16.4. The van der Waals surface area contributed by atoms with Gasteiger partial charge in [0.1, 0.15) is 10.7 Å². The Bertz CT molecular complexity index is 884. The van der Waals surface area contributed by atoms with Gasteiger partial charge in [0.25, 0.3) is 5.91 Å². The van der Waals surface area contributed by atoms with E-state index < -0.39 is 15.9 Å². The van der Waals surface area contributed by atoms with E-state index in [1.54, 1.807) is 6.92 Å². The van der Waals surface area contributed by atoms with E-state index in [0.717, 1.165) is 31.2 Å². The monoisotopic (exact) mass is 390 g/mol. The number of hydrogen-bond donors (Lipinski definition) is 1. The number of carbonyl (C=O) groups is 1. The van der Waals surface area contributed by atoms with E-state index in [4.69, 9.17) is 4.42 Å². The zero-order valence-corrected chi connectivity index (χ0v) is 16.6. The number of aryl methyl sites for hydroxylation is 1. The van der Waals surface area contributed by atoms with E-state index in [1.165, 1.54) is 10.4 Å². The quantitative estimate of drug-likeness (QED) is 0.783. The van der Waals surface area contributed by atoms with Crippen molar-refractivity contribution < 1.29 is 17.6 Å². The summed E-state index contributed by atoms with van der Waals surface area (Å²) in [5.74, 6) is -0.121. The maximum absolute atomic E-state index is 12.8. The van der Waals surface area contributed by atoms with Crippen molar-refractivity contribution in [1.82, 2.24) is 9.62 Å². The summed E-state index contributed by atoms with van der Waals surface area (Å²) in [6.45, 7) is 4.67. The van der Waals surface area contributed by atoms with Crippen LogP contribution in [0.1, 0.15) is 60.5 Å². The van der Waals surface area contributed by atoms with Gasteiger partial charge in [-0.3, -0.25) is 4.79 Å². The van der Waals surface area contributed by atoms with Crippen molar-refractivity contribution in [2.75, 3.05) is 13.1 Å². The maximum atomic E-state index is 12.8. The summed E-state index contributed by atoms with van der Waals surface area (Å²) in [6, 6.07) is 10.9. The number of nitrogens with zero attached hydrogens (tertiary/aromatic N) is 1. The molecule has 1 aliphatic heterocycles. The number of nitrogens with one attached hydrogen (secondary N) is 1. The van der Waals surface area contributed by atoms with Crippen LogP contribution in [0.25, 0.3) is 0 Å². The molecule has 1 aromatic heterocycles. The number of sulfonamides is 1. The van der Waals surface area contributed by atoms with E-state index in [0.29, 0.717) is 13.1 Å². The molecule has 1 N–H and O–H groups in total. The van der Waals surface area contributed by atoms with Crippen molar-refractivity contribution in [3.05, 3.63) is 53.5 Å². The summed E-state index contributed by atoms with van der Waals surface area (Å²) in [6.07, 6.45) is 3.42. The fourth-order valence-electron chi connectivity index (χ4n) is 3.43. The van der Waals surface area contributed by atoms with E-state index in [1.807, 2.05) is 30.3 Å². The standard InChI is InChI=1S/C20H26N2O4S/c1-3-9-17(16-10-5-4-6-11-16)21-20(23)18-14-19(15(2)26-18)27(24,25)22-12-7-8-13-22/h4-6,10-11,14,17H,3,7-9,12-13H2,1-2H3,(H,21,23). The molecule has 1 aromatic carbocycles. The second-order valence-electron chi connectivity index (χ2n) is 6.87. The predicted molar refractivity (Wildman–Crippen MR) is 103 cm³/mol. The molecule has 0 radical (unpaired) electrons. The minimum atomic E-state index is -3.61. The highest BCUT2D eigenvalue weighted by atomic mass is 32.2. The van der Waals surface area contributed by atoms with Crippen LogP contribution in [0, 0.1) is 6.92 Å². The van der Waals surface area contributed by atoms with Crippen LogP contribution in [0.2, 0.25) is 0 Å². The number of rotatable bonds is 7. The smallest absolute Gasteiger partial charge is 0.287 e. The van der Waals surface area contributed by atoms with Gasteiger partial charge in [-0.15, -0.1) is 0 Å². The van der Waals surface area contributed by atoms with Crippen molar-refractivity contribution in [2.24, 2.45) is 0 Å². The lowest BCUT2D eigenvalue weighted by atomic mass is 10.0. The molecule has 27 heavy (non-hydrogen) atoms. The van der Waals surface area contributed by atoms with Gasteiger partial charge >= 0.3 is 0 Å². The van der Waals surface area contributed by atoms with Gasteiger partial charge in [-0.1, -0.05) is 43.7 Å². The number of hydrogen-bond acceptors (Lipinski definition) is 4. The van der Waals surface area contributed by atoms with Gasteiger partial charge in [0, 0.05) is 19.2 Å². The first-order chi connectivity index (χ1) is 12.9. The summed E-state index contributed by atoms with van der Waals surface area (Å²) < 4.78 is 32.5. The number of furan rings is 1. The van der Waals surface area contributed by atoms with Gasteiger partial charge in [0.15, 0.2) is 5.76 Å². The van der Waals surface area contributed by atoms with Gasteiger partial charge in [0.2, 0.25) is 10.0 Å². The third-order valence-corrected chi connectivity index (χ3v) is 6.87. The van der Waals surface area contributed by atoms with Crippen molar-refractivity contribution in [3.63, 3.8) is 0 Å². The van der Waals surface area contributed by atoms with E-state index in [9.17, 15) is 13.2 Å². The first kappa shape index (κ1) is 19.6. The molecule has 0 saturated carbocycles. The molecule has 3 rings (SSSR count). The average molecular weight is 391 g/mol. The van der Waals surface area contributed by atoms with Gasteiger partial charge < -0.3 is 9.73 Å². The molecule has 146 valence electrons. The van der Waals surface area contributed by atoms with Crippen LogP contribution in [-0.2, 0) is 10.0 Å². The Morgan fingerprint density at radius 2 is 1.89 bits per heavy atom. The Hall–Kier alpha value is -2.12. The highest BCUT2D eigenvalue weighted by Gasteiger charge is 2.32. The van der Waals surface area contributed by atoms with E-state index in [-0.39, 0.29) is 22.5 Å². The van der Waals surface area contributed by atoms with E-state index in [2.05, 4.69) is 12.2 Å². The van der Waals surface area contributed by atoms with Crippen molar-refractivity contribution in [3.8, 4) is 0 Å². The number of amides is 1. The number of benzene rings is 1. The summed E-state index contributed by atoms with van der Waals surface area (Å²) in [5, 5.41) is 2.97. The second-order valence-corrected chi connectivity index (χ2v) is 8.77. The Morgan fingerprint density at radius 1 is 1.22 bits per heavy atom. The van der Waals surface area contributed by atoms with Crippen LogP contribution in [0.15, 0.2) is 45.7 Å². The van der Waals surface area contributed by atoms with Gasteiger partial charge in [0.05, 0.1) is 6.04 Å². The first-order valence-electron chi connectivity index (χ1n) is 9.40. The molecule has 0 aliphatic carbocycles. The third kappa shape index (κ3) is 4.25. The molecule has 1 fully saturated rings. The molecule has 6 nitrogen and oxygen atoms in total. The number of carbonyl (C=O) groups excluding carboxylic acids is 1. The van der Waals surface area contributed by atoms with Gasteiger partial charge in [-0.05, 0) is 31.7 Å². The molecule has 1 amide bonds. The van der Waals surface area contributed by atoms with Crippen molar-refractivity contribution in [2.45, 2.75) is 50.5 Å². The molecule has 1 unspecified atom stereocenters. The molecule has 1 atom stereocenters. The summed E-state index contributed by atoms with van der Waals surface area (Å²) in [7, 11) is -3.61. The van der Waals surface area contributed by atoms with Crippen LogP contribution < -0.4 is 5.32 Å². The molecule has 0 spiro atoms. The molecule has 2 heterocycles. The molecule has 7 heteroatoms. The van der Waals surface area contributed by atoms with Crippen LogP contribution >= 0.6 is 0 Å². The first-order valence-corrected chi connectivity index (χ1v) is 10.8. The summed E-state index contributed by atoms with van der Waals surface area (Å²) in [5.41, 5.74) is 1.01. The zero-order chi connectivity index (χ0) is 19.4. The largest absolute Gasteiger partial charge is 0.455 e. The molecule has 1 aliphatic rings. The Kier molecular flexibility index (Phi) is 6.01. The minimum Gasteiger partial charge on any atom is -0.455 e. The Labute approximate surface area is 160 Å². The minimum absolute atomic E-state index is 0.0299. The fourth-order valence-corrected chi connectivity index (χ4v) is 5.10. The lowest BCUT2D eigenvalue weighted by molar-refractivity contribution is 0.0905. The highest BCUT2D eigenvalue weighted by Crippen LogP contribution is 2.27. The van der Waals surface area contributed by atoms with Crippen molar-refractivity contribution in [1.29, 1.82) is 0 Å². The summed E-state index contributed by atoms with van der Waals surface area (Å²) >= 11 is 0. The molecule has 1 saturated heterocycles. The van der Waals surface area contributed by atoms with Crippen LogP contribution in [0.5, 0.6) is 0 Å². The fraction of sp³-hybridized carbons (Fsp3) is 0.450. The maximum Gasteiger partial charge on any atom is 0.287 e. The third-order valence-electron chi connectivity index (χ3n) is 4.86. The predicted octanol–water partition coefficient (Wildman–Crippen LogP) is 3.64. The van der Waals surface area contributed by atoms with Gasteiger partial charge in [-0.2, -0.15) is 4.31 Å². The lowest BCUT2D eigenvalue weighted by Crippen LogP contribution is -2.29. The molecular formula is C20H26N2O4S. The molecular weight excluding hydrogens is 364 g/mol. The SMILES string of the molecule is CCCC(NC(=O)c1cc(S(=O)(=O)N2CCCC2)c(C)o1)c1ccccc1. The van der Waals surface area contributed by atoms with Crippen LogP contribution in [0.3, 0.4) is 0 Å². The zero-order valence-electron chi connectivity index (χ0n) is 15.8. The average Bonchev–Trinajstić information content (AvgIpc) is 3.32. The van der Waals surface area contributed by atoms with Crippen LogP contribution in [-0.4, -0.2) is 31.7 Å². The summed E-state index contributed by atoms with van der Waals surface area (Å²) in [4.78, 5) is 12.8. The molecule has 2 aromatic rings. The molecule has 0 bridgehead atoms. The van der Waals surface area contributed by atoms with E-state index >= 15 is 0 Å². The second kappa shape index (κ2) is 8.27. The topological polar surface area (TPSA) is 79.6 Å². The van der Waals surface area contributed by atoms with Crippen molar-refractivity contribution >= 4 is 15.9 Å². The highest BCUT2D eigenvalue weighted by molar-refractivity contribution is 7.89. The lowest BCUT2D eigenvalue weighted by Gasteiger charge is -2.17. The Balaban J connectivity index is 1.81.